The predicted octanol–water partition coefficient (Wildman–Crippen LogP) is 1.28. The second-order valence-corrected chi connectivity index (χ2v) is 6.62. The van der Waals surface area contributed by atoms with Crippen LogP contribution in [0.1, 0.15) is 18.4 Å². The molecule has 2 heterocycles. The van der Waals surface area contributed by atoms with Crippen LogP contribution in [0.5, 0.6) is 0 Å². The summed E-state index contributed by atoms with van der Waals surface area (Å²) in [5.74, 6) is 1.24. The Balaban J connectivity index is 1.54. The summed E-state index contributed by atoms with van der Waals surface area (Å²) in [4.78, 5) is 20.8. The fourth-order valence-electron chi connectivity index (χ4n) is 2.87. The van der Waals surface area contributed by atoms with Crippen LogP contribution in [-0.4, -0.2) is 58.6 Å². The van der Waals surface area contributed by atoms with Gasteiger partial charge in [-0.25, -0.2) is 0 Å². The summed E-state index contributed by atoms with van der Waals surface area (Å²) in [6, 6.07) is 8.05. The minimum atomic E-state index is -0.112. The Labute approximate surface area is 147 Å². The number of nitrogens with two attached hydrogens (primary N) is 1. The zero-order valence-electron chi connectivity index (χ0n) is 14.8. The Morgan fingerprint density at radius 1 is 1.24 bits per heavy atom. The number of aryl methyl sites for hydroxylation is 1. The van der Waals surface area contributed by atoms with Crippen LogP contribution in [0.15, 0.2) is 28.8 Å². The van der Waals surface area contributed by atoms with Gasteiger partial charge in [-0.3, -0.25) is 9.69 Å². The monoisotopic (exact) mass is 343 g/mol. The largest absolute Gasteiger partial charge is 0.340 e. The van der Waals surface area contributed by atoms with Crippen molar-refractivity contribution in [1.82, 2.24) is 19.9 Å². The highest BCUT2D eigenvalue weighted by atomic mass is 16.5. The Bertz CT molecular complexity index is 705. The highest BCUT2D eigenvalue weighted by Crippen LogP contribution is 2.17. The lowest BCUT2D eigenvalue weighted by molar-refractivity contribution is -0.136. The molecule has 0 aliphatic carbocycles. The molecule has 134 valence electrons. The molecule has 2 aromatic rings. The molecule has 25 heavy (non-hydrogen) atoms. The maximum Gasteiger partial charge on any atom is 0.241 e. The van der Waals surface area contributed by atoms with Gasteiger partial charge >= 0.3 is 0 Å². The van der Waals surface area contributed by atoms with E-state index in [-0.39, 0.29) is 11.8 Å². The van der Waals surface area contributed by atoms with Gasteiger partial charge in [-0.2, -0.15) is 4.98 Å². The van der Waals surface area contributed by atoms with Crippen molar-refractivity contribution >= 4 is 5.91 Å². The molecule has 1 aromatic heterocycles. The number of hydrogen-bond donors (Lipinski definition) is 1. The number of aromatic nitrogens is 2. The van der Waals surface area contributed by atoms with Gasteiger partial charge in [-0.1, -0.05) is 41.9 Å². The normalized spacial score (nSPS) is 16.8. The van der Waals surface area contributed by atoms with Crippen LogP contribution in [0.2, 0.25) is 0 Å². The fourth-order valence-corrected chi connectivity index (χ4v) is 2.87. The van der Waals surface area contributed by atoms with Crippen molar-refractivity contribution in [2.75, 3.05) is 32.7 Å². The van der Waals surface area contributed by atoms with Crippen molar-refractivity contribution in [3.05, 3.63) is 35.7 Å². The van der Waals surface area contributed by atoms with Gasteiger partial charge in [0.05, 0.1) is 6.54 Å². The van der Waals surface area contributed by atoms with E-state index in [1.54, 1.807) is 0 Å². The molecule has 1 saturated heterocycles. The molecule has 0 spiro atoms. The van der Waals surface area contributed by atoms with Crippen LogP contribution in [0.25, 0.3) is 11.4 Å². The standard InChI is InChI=1S/C18H25N5O2/c1-13-3-5-15(6-4-13)17-20-16(25-21-17)12-22-7-9-23(10-8-22)18(24)14(2)11-19/h3-6,14H,7-12,19H2,1-2H3. The molecule has 1 aromatic carbocycles. The molecule has 2 N–H and O–H groups in total. The summed E-state index contributed by atoms with van der Waals surface area (Å²) in [7, 11) is 0. The van der Waals surface area contributed by atoms with E-state index in [0.717, 1.165) is 18.7 Å². The molecule has 3 rings (SSSR count). The minimum Gasteiger partial charge on any atom is -0.340 e. The molecule has 0 bridgehead atoms. The first-order valence-corrected chi connectivity index (χ1v) is 8.67. The second kappa shape index (κ2) is 7.76. The molecule has 1 atom stereocenters. The topological polar surface area (TPSA) is 88.5 Å². The zero-order valence-corrected chi connectivity index (χ0v) is 14.8. The fraction of sp³-hybridized carbons (Fsp3) is 0.500. The second-order valence-electron chi connectivity index (χ2n) is 6.62. The first-order valence-electron chi connectivity index (χ1n) is 8.67. The predicted molar refractivity (Wildman–Crippen MR) is 94.5 cm³/mol. The van der Waals surface area contributed by atoms with Crippen molar-refractivity contribution < 1.29 is 9.32 Å². The van der Waals surface area contributed by atoms with E-state index in [1.807, 2.05) is 43.0 Å². The first kappa shape index (κ1) is 17.6. The third kappa shape index (κ3) is 4.24. The van der Waals surface area contributed by atoms with Crippen molar-refractivity contribution in [2.45, 2.75) is 20.4 Å². The van der Waals surface area contributed by atoms with Crippen LogP contribution in [0, 0.1) is 12.8 Å². The van der Waals surface area contributed by atoms with Crippen LogP contribution in [0.3, 0.4) is 0 Å². The highest BCUT2D eigenvalue weighted by Gasteiger charge is 2.25. The van der Waals surface area contributed by atoms with Crippen molar-refractivity contribution in [2.24, 2.45) is 11.7 Å². The third-order valence-electron chi connectivity index (χ3n) is 4.60. The van der Waals surface area contributed by atoms with Gasteiger partial charge < -0.3 is 15.2 Å². The minimum absolute atomic E-state index is 0.112. The molecule has 7 nitrogen and oxygen atoms in total. The smallest absolute Gasteiger partial charge is 0.241 e. The van der Waals surface area contributed by atoms with Gasteiger partial charge in [0.2, 0.25) is 17.6 Å². The van der Waals surface area contributed by atoms with Gasteiger partial charge in [0.25, 0.3) is 0 Å². The quantitative estimate of drug-likeness (QED) is 0.880. The maximum absolute atomic E-state index is 12.2. The van der Waals surface area contributed by atoms with Gasteiger partial charge in [-0.15, -0.1) is 0 Å². The molecule has 1 unspecified atom stereocenters. The number of nitrogens with zero attached hydrogens (tertiary/aromatic N) is 4. The van der Waals surface area contributed by atoms with Crippen molar-refractivity contribution in [1.29, 1.82) is 0 Å². The van der Waals surface area contributed by atoms with Crippen molar-refractivity contribution in [3.8, 4) is 11.4 Å². The van der Waals surface area contributed by atoms with E-state index in [0.29, 0.717) is 37.9 Å². The van der Waals surface area contributed by atoms with Gasteiger partial charge in [-0.05, 0) is 6.92 Å². The Morgan fingerprint density at radius 2 is 1.92 bits per heavy atom. The van der Waals surface area contributed by atoms with Crippen LogP contribution in [-0.2, 0) is 11.3 Å². The summed E-state index contributed by atoms with van der Waals surface area (Å²) >= 11 is 0. The van der Waals surface area contributed by atoms with E-state index in [1.165, 1.54) is 5.56 Å². The highest BCUT2D eigenvalue weighted by molar-refractivity contribution is 5.78. The van der Waals surface area contributed by atoms with Crippen molar-refractivity contribution in [3.63, 3.8) is 0 Å². The number of rotatable bonds is 5. The van der Waals surface area contributed by atoms with Gasteiger partial charge in [0.15, 0.2) is 0 Å². The average molecular weight is 343 g/mol. The van der Waals surface area contributed by atoms with Crippen LogP contribution in [0.4, 0.5) is 0 Å². The Hall–Kier alpha value is -2.25. The lowest BCUT2D eigenvalue weighted by atomic mass is 10.1. The third-order valence-corrected chi connectivity index (χ3v) is 4.60. The SMILES string of the molecule is Cc1ccc(-c2noc(CN3CCN(C(=O)C(C)CN)CC3)n2)cc1. The average Bonchev–Trinajstić information content (AvgIpc) is 3.10. The lowest BCUT2D eigenvalue weighted by Gasteiger charge is -2.35. The summed E-state index contributed by atoms with van der Waals surface area (Å²) < 4.78 is 5.38. The number of carbonyl (C=O) groups excluding carboxylic acids is 1. The van der Waals surface area contributed by atoms with E-state index >= 15 is 0 Å². The van der Waals surface area contributed by atoms with Crippen LogP contribution >= 0.6 is 0 Å². The number of amides is 1. The summed E-state index contributed by atoms with van der Waals surface area (Å²) in [6.07, 6.45) is 0. The summed E-state index contributed by atoms with van der Waals surface area (Å²) in [5, 5.41) is 4.07. The number of piperazine rings is 1. The number of carbonyl (C=O) groups is 1. The maximum atomic E-state index is 12.2. The van der Waals surface area contributed by atoms with Gasteiger partial charge in [0.1, 0.15) is 0 Å². The Kier molecular flexibility index (Phi) is 5.45. The molecule has 0 saturated carbocycles. The molecular weight excluding hydrogens is 318 g/mol. The first-order chi connectivity index (χ1) is 12.1. The van der Waals surface area contributed by atoms with E-state index in [9.17, 15) is 4.79 Å². The lowest BCUT2D eigenvalue weighted by Crippen LogP contribution is -2.50. The molecule has 1 amide bonds. The number of hydrogen-bond acceptors (Lipinski definition) is 6. The molecule has 7 heteroatoms. The Morgan fingerprint density at radius 3 is 2.56 bits per heavy atom. The molecular formula is C18H25N5O2. The molecule has 1 fully saturated rings. The van der Waals surface area contributed by atoms with E-state index in [2.05, 4.69) is 15.0 Å². The summed E-state index contributed by atoms with van der Waals surface area (Å²) in [5.41, 5.74) is 7.73. The van der Waals surface area contributed by atoms with Gasteiger partial charge in [0, 0.05) is 44.2 Å². The zero-order chi connectivity index (χ0) is 17.8. The molecule has 0 radical (unpaired) electrons. The number of benzene rings is 1. The van der Waals surface area contributed by atoms with Crippen LogP contribution < -0.4 is 5.73 Å². The molecule has 1 aliphatic rings. The van der Waals surface area contributed by atoms with E-state index < -0.39 is 0 Å². The van der Waals surface area contributed by atoms with E-state index in [4.69, 9.17) is 10.3 Å². The molecule has 1 aliphatic heterocycles. The summed E-state index contributed by atoms with van der Waals surface area (Å²) in [6.45, 7) is 7.93.